The lowest BCUT2D eigenvalue weighted by molar-refractivity contribution is -0.140. The summed E-state index contributed by atoms with van der Waals surface area (Å²) in [5, 5.41) is 3.55. The van der Waals surface area contributed by atoms with Crippen molar-refractivity contribution in [2.75, 3.05) is 6.54 Å². The zero-order valence-electron chi connectivity index (χ0n) is 18.6. The number of rotatable bonds is 9. The van der Waals surface area contributed by atoms with Crippen LogP contribution in [0, 0.1) is 6.92 Å². The summed E-state index contributed by atoms with van der Waals surface area (Å²) < 4.78 is 0. The predicted molar refractivity (Wildman–Crippen MR) is 130 cm³/mol. The van der Waals surface area contributed by atoms with Crippen LogP contribution in [0.2, 0.25) is 5.02 Å². The Kier molecular flexibility index (Phi) is 8.46. The van der Waals surface area contributed by atoms with Crippen molar-refractivity contribution in [2.45, 2.75) is 39.3 Å². The molecule has 0 spiro atoms. The summed E-state index contributed by atoms with van der Waals surface area (Å²) >= 11 is 6.00. The van der Waals surface area contributed by atoms with Crippen LogP contribution in [-0.2, 0) is 29.0 Å². The van der Waals surface area contributed by atoms with Crippen LogP contribution in [-0.4, -0.2) is 29.3 Å². The third kappa shape index (κ3) is 6.44. The van der Waals surface area contributed by atoms with Crippen molar-refractivity contribution in [1.29, 1.82) is 0 Å². The molecule has 0 aliphatic rings. The minimum atomic E-state index is -0.614. The predicted octanol–water partition coefficient (Wildman–Crippen LogP) is 4.97. The van der Waals surface area contributed by atoms with Gasteiger partial charge in [-0.25, -0.2) is 0 Å². The van der Waals surface area contributed by atoms with Crippen molar-refractivity contribution in [2.24, 2.45) is 0 Å². The molecule has 0 bridgehead atoms. The van der Waals surface area contributed by atoms with Crippen LogP contribution in [0.25, 0.3) is 0 Å². The van der Waals surface area contributed by atoms with Gasteiger partial charge in [-0.3, -0.25) is 9.59 Å². The molecule has 3 aromatic carbocycles. The van der Waals surface area contributed by atoms with Gasteiger partial charge >= 0.3 is 0 Å². The Labute approximate surface area is 195 Å². The van der Waals surface area contributed by atoms with Crippen LogP contribution in [0.5, 0.6) is 0 Å². The van der Waals surface area contributed by atoms with Gasteiger partial charge in [0.25, 0.3) is 0 Å². The molecule has 0 saturated carbocycles. The van der Waals surface area contributed by atoms with Crippen LogP contribution in [0.4, 0.5) is 0 Å². The zero-order valence-corrected chi connectivity index (χ0v) is 19.3. The van der Waals surface area contributed by atoms with Gasteiger partial charge in [-0.15, -0.1) is 0 Å². The number of hydrogen-bond acceptors (Lipinski definition) is 2. The monoisotopic (exact) mass is 448 g/mol. The van der Waals surface area contributed by atoms with Gasteiger partial charge in [0.15, 0.2) is 0 Å². The standard InChI is InChI=1S/C27H29ClN2O2/c1-3-29-27(32)25(17-21-10-5-4-6-11-21)30(19-23-12-8-7-9-20(23)2)26(31)18-22-13-15-24(28)16-14-22/h4-16,25H,3,17-19H2,1-2H3,(H,29,32)/t25-/m0/s1. The molecule has 0 heterocycles. The molecule has 0 radical (unpaired) electrons. The number of nitrogens with zero attached hydrogens (tertiary/aromatic N) is 1. The van der Waals surface area contributed by atoms with E-state index in [1.165, 1.54) is 0 Å². The van der Waals surface area contributed by atoms with Gasteiger partial charge < -0.3 is 10.2 Å². The molecule has 1 N–H and O–H groups in total. The highest BCUT2D eigenvalue weighted by atomic mass is 35.5. The third-order valence-corrected chi connectivity index (χ3v) is 5.74. The number of likely N-dealkylation sites (N-methyl/N-ethyl adjacent to an activating group) is 1. The van der Waals surface area contributed by atoms with Gasteiger partial charge in [0.05, 0.1) is 6.42 Å². The zero-order chi connectivity index (χ0) is 22.9. The Morgan fingerprint density at radius 2 is 1.56 bits per heavy atom. The van der Waals surface area contributed by atoms with Gasteiger partial charge in [0.1, 0.15) is 6.04 Å². The number of halogens is 1. The maximum Gasteiger partial charge on any atom is 0.243 e. The molecule has 0 aromatic heterocycles. The van der Waals surface area contributed by atoms with E-state index in [-0.39, 0.29) is 18.2 Å². The van der Waals surface area contributed by atoms with E-state index in [1.54, 1.807) is 17.0 Å². The van der Waals surface area contributed by atoms with Crippen LogP contribution in [0.15, 0.2) is 78.9 Å². The smallest absolute Gasteiger partial charge is 0.243 e. The minimum Gasteiger partial charge on any atom is -0.355 e. The average molecular weight is 449 g/mol. The summed E-state index contributed by atoms with van der Waals surface area (Å²) in [5.74, 6) is -0.239. The average Bonchev–Trinajstić information content (AvgIpc) is 2.79. The first-order valence-corrected chi connectivity index (χ1v) is 11.3. The van der Waals surface area contributed by atoms with Crippen molar-refractivity contribution in [3.63, 3.8) is 0 Å². The van der Waals surface area contributed by atoms with E-state index < -0.39 is 6.04 Å². The second kappa shape index (κ2) is 11.5. The quantitative estimate of drug-likeness (QED) is 0.502. The molecule has 0 aliphatic heterocycles. The Morgan fingerprint density at radius 3 is 2.22 bits per heavy atom. The number of carbonyl (C=O) groups is 2. The number of carbonyl (C=O) groups excluding carboxylic acids is 2. The van der Waals surface area contributed by atoms with Gasteiger partial charge in [-0.2, -0.15) is 0 Å². The van der Waals surface area contributed by atoms with Crippen LogP contribution < -0.4 is 5.32 Å². The Hall–Kier alpha value is -3.11. The molecule has 3 rings (SSSR count). The van der Waals surface area contributed by atoms with Gasteiger partial charge in [0, 0.05) is 24.5 Å². The molecular weight excluding hydrogens is 420 g/mol. The van der Waals surface area contributed by atoms with Crippen molar-refractivity contribution in [1.82, 2.24) is 10.2 Å². The first-order chi connectivity index (χ1) is 15.5. The molecule has 0 aliphatic carbocycles. The van der Waals surface area contributed by atoms with Crippen molar-refractivity contribution < 1.29 is 9.59 Å². The van der Waals surface area contributed by atoms with Crippen molar-refractivity contribution in [3.05, 3.63) is 106 Å². The second-order valence-corrected chi connectivity index (χ2v) is 8.29. The highest BCUT2D eigenvalue weighted by Crippen LogP contribution is 2.19. The normalized spacial score (nSPS) is 11.6. The molecule has 0 fully saturated rings. The fraction of sp³-hybridized carbons (Fsp3) is 0.259. The fourth-order valence-electron chi connectivity index (χ4n) is 3.70. The lowest BCUT2D eigenvalue weighted by atomic mass is 10.0. The number of benzene rings is 3. The number of amides is 2. The molecule has 166 valence electrons. The molecule has 2 amide bonds. The summed E-state index contributed by atoms with van der Waals surface area (Å²) in [5.41, 5.74) is 3.99. The lowest BCUT2D eigenvalue weighted by Crippen LogP contribution is -2.51. The molecule has 0 saturated heterocycles. The highest BCUT2D eigenvalue weighted by molar-refractivity contribution is 6.30. The van der Waals surface area contributed by atoms with E-state index in [9.17, 15) is 9.59 Å². The molecule has 3 aromatic rings. The first kappa shape index (κ1) is 23.6. The van der Waals surface area contributed by atoms with E-state index in [4.69, 9.17) is 11.6 Å². The highest BCUT2D eigenvalue weighted by Gasteiger charge is 2.30. The van der Waals surface area contributed by atoms with E-state index in [2.05, 4.69) is 5.32 Å². The van der Waals surface area contributed by atoms with Gasteiger partial charge in [0.2, 0.25) is 11.8 Å². The summed E-state index contributed by atoms with van der Waals surface area (Å²) in [6, 6.07) is 24.4. The summed E-state index contributed by atoms with van der Waals surface area (Å²) in [7, 11) is 0. The van der Waals surface area contributed by atoms with Crippen LogP contribution >= 0.6 is 11.6 Å². The SMILES string of the molecule is CCNC(=O)[C@H](Cc1ccccc1)N(Cc1ccccc1C)C(=O)Cc1ccc(Cl)cc1. The Morgan fingerprint density at radius 1 is 0.906 bits per heavy atom. The fourth-order valence-corrected chi connectivity index (χ4v) is 3.82. The first-order valence-electron chi connectivity index (χ1n) is 10.9. The molecule has 32 heavy (non-hydrogen) atoms. The summed E-state index contributed by atoms with van der Waals surface area (Å²) in [4.78, 5) is 28.4. The minimum absolute atomic E-state index is 0.0947. The second-order valence-electron chi connectivity index (χ2n) is 7.85. The largest absolute Gasteiger partial charge is 0.355 e. The van der Waals surface area contributed by atoms with Gasteiger partial charge in [-0.1, -0.05) is 78.3 Å². The summed E-state index contributed by atoms with van der Waals surface area (Å²) in [6.45, 7) is 4.79. The summed E-state index contributed by atoms with van der Waals surface area (Å²) in [6.07, 6.45) is 0.651. The topological polar surface area (TPSA) is 49.4 Å². The molecule has 1 atom stereocenters. The molecule has 4 nitrogen and oxygen atoms in total. The number of aryl methyl sites for hydroxylation is 1. The van der Waals surface area contributed by atoms with Crippen LogP contribution in [0.3, 0.4) is 0 Å². The van der Waals surface area contributed by atoms with E-state index >= 15 is 0 Å². The van der Waals surface area contributed by atoms with Gasteiger partial charge in [-0.05, 0) is 48.2 Å². The third-order valence-electron chi connectivity index (χ3n) is 5.49. The van der Waals surface area contributed by atoms with Crippen molar-refractivity contribution in [3.8, 4) is 0 Å². The lowest BCUT2D eigenvalue weighted by Gasteiger charge is -2.32. The van der Waals surface area contributed by atoms with Crippen LogP contribution in [0.1, 0.15) is 29.2 Å². The van der Waals surface area contributed by atoms with E-state index in [1.807, 2.05) is 80.6 Å². The van der Waals surface area contributed by atoms with E-state index in [0.29, 0.717) is 24.5 Å². The van der Waals surface area contributed by atoms with Crippen molar-refractivity contribution >= 4 is 23.4 Å². The maximum absolute atomic E-state index is 13.6. The number of nitrogens with one attached hydrogen (secondary N) is 1. The number of hydrogen-bond donors (Lipinski definition) is 1. The molecular formula is C27H29ClN2O2. The Bertz CT molecular complexity index is 1040. The Balaban J connectivity index is 1.95. The maximum atomic E-state index is 13.6. The molecule has 0 unspecified atom stereocenters. The van der Waals surface area contributed by atoms with E-state index in [0.717, 1.165) is 22.3 Å². The molecule has 5 heteroatoms.